The number of halogens is 2. The van der Waals surface area contributed by atoms with E-state index in [4.69, 9.17) is 17.3 Å². The average molecular weight is 279 g/mol. The van der Waals surface area contributed by atoms with Gasteiger partial charge in [-0.15, -0.1) is 0 Å². The fraction of sp³-hybridized carbons (Fsp3) is 0.0714. The highest BCUT2D eigenvalue weighted by atomic mass is 35.5. The van der Waals surface area contributed by atoms with E-state index in [1.165, 1.54) is 6.07 Å². The second-order valence-corrected chi connectivity index (χ2v) is 4.52. The lowest BCUT2D eigenvalue weighted by atomic mass is 10.1. The number of nitrogens with two attached hydrogens (primary N) is 1. The van der Waals surface area contributed by atoms with Crippen LogP contribution in [0.25, 0.3) is 0 Å². The van der Waals surface area contributed by atoms with E-state index in [1.807, 2.05) is 12.1 Å². The van der Waals surface area contributed by atoms with Crippen LogP contribution in [0.3, 0.4) is 0 Å². The molecule has 19 heavy (non-hydrogen) atoms. The molecule has 3 nitrogen and oxygen atoms in total. The predicted octanol–water partition coefficient (Wildman–Crippen LogP) is 2.99. The van der Waals surface area contributed by atoms with Crippen molar-refractivity contribution in [1.29, 1.82) is 0 Å². The zero-order valence-electron chi connectivity index (χ0n) is 9.99. The van der Waals surface area contributed by atoms with E-state index in [2.05, 4.69) is 5.32 Å². The fourth-order valence-electron chi connectivity index (χ4n) is 1.63. The minimum atomic E-state index is -0.531. The molecule has 0 bridgehead atoms. The maximum Gasteiger partial charge on any atom is 0.251 e. The van der Waals surface area contributed by atoms with Gasteiger partial charge in [0.25, 0.3) is 5.91 Å². The number of rotatable bonds is 3. The highest BCUT2D eigenvalue weighted by molar-refractivity contribution is 6.30. The molecule has 2 aromatic carbocycles. The van der Waals surface area contributed by atoms with Crippen LogP contribution in [0.1, 0.15) is 15.9 Å². The maximum absolute atomic E-state index is 13.1. The topological polar surface area (TPSA) is 55.1 Å². The molecule has 0 unspecified atom stereocenters. The van der Waals surface area contributed by atoms with Gasteiger partial charge >= 0.3 is 0 Å². The third kappa shape index (κ3) is 3.69. The Kier molecular flexibility index (Phi) is 4.02. The van der Waals surface area contributed by atoms with E-state index >= 15 is 0 Å². The molecule has 0 saturated carbocycles. The lowest BCUT2D eigenvalue weighted by Crippen LogP contribution is -2.23. The smallest absolute Gasteiger partial charge is 0.251 e. The van der Waals surface area contributed by atoms with Crippen molar-refractivity contribution < 1.29 is 9.18 Å². The summed E-state index contributed by atoms with van der Waals surface area (Å²) in [7, 11) is 0. The van der Waals surface area contributed by atoms with E-state index in [1.54, 1.807) is 12.1 Å². The summed E-state index contributed by atoms with van der Waals surface area (Å²) in [5.41, 5.74) is 6.81. The maximum atomic E-state index is 13.1. The van der Waals surface area contributed by atoms with Crippen molar-refractivity contribution in [2.75, 3.05) is 5.73 Å². The van der Waals surface area contributed by atoms with Gasteiger partial charge in [-0.25, -0.2) is 4.39 Å². The number of carbonyl (C=O) groups excluding carboxylic acids is 1. The number of benzene rings is 2. The van der Waals surface area contributed by atoms with E-state index in [0.717, 1.165) is 17.7 Å². The number of amides is 1. The summed E-state index contributed by atoms with van der Waals surface area (Å²) in [6, 6.07) is 10.8. The molecule has 1 amide bonds. The van der Waals surface area contributed by atoms with Crippen molar-refractivity contribution in [2.45, 2.75) is 6.54 Å². The molecular formula is C14H12ClFN2O. The van der Waals surface area contributed by atoms with Crippen LogP contribution in [-0.2, 0) is 6.54 Å². The second-order valence-electron chi connectivity index (χ2n) is 4.08. The van der Waals surface area contributed by atoms with E-state index in [0.29, 0.717) is 11.6 Å². The van der Waals surface area contributed by atoms with Gasteiger partial charge in [-0.1, -0.05) is 23.7 Å². The van der Waals surface area contributed by atoms with Gasteiger partial charge in [-0.2, -0.15) is 0 Å². The van der Waals surface area contributed by atoms with Gasteiger partial charge in [0, 0.05) is 22.8 Å². The predicted molar refractivity (Wildman–Crippen MR) is 73.4 cm³/mol. The molecule has 0 radical (unpaired) electrons. The first-order chi connectivity index (χ1) is 9.04. The molecule has 2 rings (SSSR count). The zero-order chi connectivity index (χ0) is 13.8. The van der Waals surface area contributed by atoms with Crippen molar-refractivity contribution >= 4 is 23.2 Å². The van der Waals surface area contributed by atoms with Crippen molar-refractivity contribution in [3.8, 4) is 0 Å². The fourth-order valence-corrected chi connectivity index (χ4v) is 1.76. The molecule has 3 N–H and O–H groups in total. The number of carbonyl (C=O) groups is 1. The molecule has 0 aliphatic carbocycles. The summed E-state index contributed by atoms with van der Waals surface area (Å²) in [5.74, 6) is -0.905. The van der Waals surface area contributed by atoms with Crippen LogP contribution in [0.4, 0.5) is 10.1 Å². The molecule has 2 aromatic rings. The number of anilines is 1. The van der Waals surface area contributed by atoms with Gasteiger partial charge in [-0.05, 0) is 35.9 Å². The molecule has 0 atom stereocenters. The van der Waals surface area contributed by atoms with Gasteiger partial charge in [0.1, 0.15) is 5.82 Å². The van der Waals surface area contributed by atoms with Crippen molar-refractivity contribution in [3.05, 3.63) is 64.4 Å². The van der Waals surface area contributed by atoms with Crippen LogP contribution in [0, 0.1) is 5.82 Å². The Balaban J connectivity index is 2.03. The third-order valence-electron chi connectivity index (χ3n) is 2.55. The van der Waals surface area contributed by atoms with E-state index in [-0.39, 0.29) is 17.2 Å². The van der Waals surface area contributed by atoms with Crippen molar-refractivity contribution in [1.82, 2.24) is 5.32 Å². The molecule has 0 aromatic heterocycles. The van der Waals surface area contributed by atoms with Crippen molar-refractivity contribution in [2.24, 2.45) is 0 Å². The summed E-state index contributed by atoms with van der Waals surface area (Å²) in [6.07, 6.45) is 0. The zero-order valence-corrected chi connectivity index (χ0v) is 10.7. The first-order valence-corrected chi connectivity index (χ1v) is 6.01. The van der Waals surface area contributed by atoms with Crippen LogP contribution < -0.4 is 11.1 Å². The van der Waals surface area contributed by atoms with Gasteiger partial charge in [0.05, 0.1) is 0 Å². The number of hydrogen-bond donors (Lipinski definition) is 2. The summed E-state index contributed by atoms with van der Waals surface area (Å²) in [6.45, 7) is 0.340. The van der Waals surface area contributed by atoms with Gasteiger partial charge in [0.15, 0.2) is 0 Å². The highest BCUT2D eigenvalue weighted by Gasteiger charge is 2.07. The molecule has 0 aliphatic heterocycles. The monoisotopic (exact) mass is 278 g/mol. The number of nitrogens with one attached hydrogen (secondary N) is 1. The first kappa shape index (κ1) is 13.4. The normalized spacial score (nSPS) is 10.2. The largest absolute Gasteiger partial charge is 0.399 e. The lowest BCUT2D eigenvalue weighted by molar-refractivity contribution is 0.0950. The number of nitrogen functional groups attached to an aromatic ring is 1. The summed E-state index contributed by atoms with van der Waals surface area (Å²) in [5, 5.41) is 3.32. The Morgan fingerprint density at radius 2 is 1.89 bits per heavy atom. The quantitative estimate of drug-likeness (QED) is 0.848. The Hall–Kier alpha value is -2.07. The van der Waals surface area contributed by atoms with Crippen molar-refractivity contribution in [3.63, 3.8) is 0 Å². The van der Waals surface area contributed by atoms with Crippen LogP contribution in [0.5, 0.6) is 0 Å². The summed E-state index contributed by atoms with van der Waals surface area (Å²) in [4.78, 5) is 11.8. The Morgan fingerprint density at radius 1 is 1.21 bits per heavy atom. The first-order valence-electron chi connectivity index (χ1n) is 5.63. The Morgan fingerprint density at radius 3 is 2.53 bits per heavy atom. The SMILES string of the molecule is Nc1cc(F)cc(C(=O)NCc2ccc(Cl)cc2)c1. The lowest BCUT2D eigenvalue weighted by Gasteiger charge is -2.06. The average Bonchev–Trinajstić information content (AvgIpc) is 2.36. The Bertz CT molecular complexity index is 579. The molecule has 0 saturated heterocycles. The Labute approximate surface area is 115 Å². The minimum absolute atomic E-state index is 0.200. The molecule has 0 heterocycles. The van der Waals surface area contributed by atoms with Crippen LogP contribution in [0.15, 0.2) is 42.5 Å². The van der Waals surface area contributed by atoms with E-state index < -0.39 is 5.82 Å². The molecule has 0 fully saturated rings. The van der Waals surface area contributed by atoms with Crippen LogP contribution in [0.2, 0.25) is 5.02 Å². The third-order valence-corrected chi connectivity index (χ3v) is 2.80. The van der Waals surface area contributed by atoms with E-state index in [9.17, 15) is 9.18 Å². The summed E-state index contributed by atoms with van der Waals surface area (Å²) >= 11 is 5.76. The number of hydrogen-bond acceptors (Lipinski definition) is 2. The minimum Gasteiger partial charge on any atom is -0.399 e. The van der Waals surface area contributed by atoms with Gasteiger partial charge in [0.2, 0.25) is 0 Å². The molecule has 98 valence electrons. The van der Waals surface area contributed by atoms with Gasteiger partial charge in [-0.3, -0.25) is 4.79 Å². The van der Waals surface area contributed by atoms with Crippen LogP contribution in [-0.4, -0.2) is 5.91 Å². The molecular weight excluding hydrogens is 267 g/mol. The standard InChI is InChI=1S/C14H12ClFN2O/c15-11-3-1-9(2-4-11)8-18-14(19)10-5-12(16)7-13(17)6-10/h1-7H,8,17H2,(H,18,19). The molecule has 0 spiro atoms. The van der Waals surface area contributed by atoms with Crippen LogP contribution >= 0.6 is 11.6 Å². The molecule has 5 heteroatoms. The van der Waals surface area contributed by atoms with Gasteiger partial charge < -0.3 is 11.1 Å². The highest BCUT2D eigenvalue weighted by Crippen LogP contribution is 2.12. The second kappa shape index (κ2) is 5.71. The summed E-state index contributed by atoms with van der Waals surface area (Å²) < 4.78 is 13.1. The molecule has 0 aliphatic rings.